The van der Waals surface area contributed by atoms with Crippen molar-refractivity contribution in [3.8, 4) is 11.5 Å². The molecule has 2 aromatic rings. The van der Waals surface area contributed by atoms with Gasteiger partial charge < -0.3 is 19.9 Å². The molecule has 0 radical (unpaired) electrons. The van der Waals surface area contributed by atoms with E-state index in [-0.39, 0.29) is 12.5 Å². The lowest BCUT2D eigenvalue weighted by Crippen LogP contribution is -2.38. The predicted molar refractivity (Wildman–Crippen MR) is 107 cm³/mol. The third kappa shape index (κ3) is 6.15. The van der Waals surface area contributed by atoms with Crippen LogP contribution in [0.1, 0.15) is 30.9 Å². The molecule has 0 spiro atoms. The average molecular weight is 392 g/mol. The Balaban J connectivity index is 1.80. The Labute approximate surface area is 165 Å². The van der Waals surface area contributed by atoms with Gasteiger partial charge in [0.05, 0.1) is 20.8 Å². The summed E-state index contributed by atoms with van der Waals surface area (Å²) < 4.78 is 10.5. The van der Waals surface area contributed by atoms with Gasteiger partial charge in [-0.3, -0.25) is 4.79 Å². The third-order valence-electron chi connectivity index (χ3n) is 4.41. The minimum Gasteiger partial charge on any atom is -0.493 e. The van der Waals surface area contributed by atoms with E-state index in [0.717, 1.165) is 12.0 Å². The standard InChI is InChI=1S/C21H26ClNO4/c1-21(25,16-8-10-17(22)11-9-16)14-23-20(24)6-4-5-15-7-12-18(26-2)19(13-15)27-3/h7-13,25H,4-6,14H2,1-3H3,(H,23,24). The van der Waals surface area contributed by atoms with E-state index in [1.54, 1.807) is 45.4 Å². The molecule has 1 amide bonds. The molecule has 2 rings (SSSR count). The van der Waals surface area contributed by atoms with E-state index >= 15 is 0 Å². The van der Waals surface area contributed by atoms with Crippen LogP contribution in [0.15, 0.2) is 42.5 Å². The fourth-order valence-electron chi connectivity index (χ4n) is 2.76. The maximum absolute atomic E-state index is 12.1. The Morgan fingerprint density at radius 3 is 2.41 bits per heavy atom. The molecule has 0 heterocycles. The summed E-state index contributed by atoms with van der Waals surface area (Å²) in [6.07, 6.45) is 1.83. The van der Waals surface area contributed by atoms with Gasteiger partial charge in [0.2, 0.25) is 5.91 Å². The molecule has 146 valence electrons. The van der Waals surface area contributed by atoms with Crippen molar-refractivity contribution in [2.45, 2.75) is 31.8 Å². The number of amides is 1. The highest BCUT2D eigenvalue weighted by molar-refractivity contribution is 6.30. The minimum atomic E-state index is -1.15. The van der Waals surface area contributed by atoms with Gasteiger partial charge in [0.15, 0.2) is 11.5 Å². The van der Waals surface area contributed by atoms with Crippen molar-refractivity contribution in [1.82, 2.24) is 5.32 Å². The first kappa shape index (κ1) is 21.1. The number of carbonyl (C=O) groups excluding carboxylic acids is 1. The van der Waals surface area contributed by atoms with Gasteiger partial charge in [-0.15, -0.1) is 0 Å². The number of hydrogen-bond acceptors (Lipinski definition) is 4. The van der Waals surface area contributed by atoms with Gasteiger partial charge in [0.25, 0.3) is 0 Å². The quantitative estimate of drug-likeness (QED) is 0.683. The van der Waals surface area contributed by atoms with Crippen LogP contribution in [0.3, 0.4) is 0 Å². The van der Waals surface area contributed by atoms with Gasteiger partial charge in [-0.2, -0.15) is 0 Å². The number of aryl methyl sites for hydroxylation is 1. The van der Waals surface area contributed by atoms with Crippen molar-refractivity contribution in [3.63, 3.8) is 0 Å². The van der Waals surface area contributed by atoms with E-state index in [1.807, 2.05) is 18.2 Å². The highest BCUT2D eigenvalue weighted by Gasteiger charge is 2.23. The number of nitrogens with one attached hydrogen (secondary N) is 1. The smallest absolute Gasteiger partial charge is 0.220 e. The number of aliphatic hydroxyl groups is 1. The number of hydrogen-bond donors (Lipinski definition) is 2. The second-order valence-electron chi connectivity index (χ2n) is 6.60. The molecular weight excluding hydrogens is 366 g/mol. The first-order valence-electron chi connectivity index (χ1n) is 8.82. The highest BCUT2D eigenvalue weighted by atomic mass is 35.5. The summed E-state index contributed by atoms with van der Waals surface area (Å²) in [5.74, 6) is 1.27. The molecule has 2 N–H and O–H groups in total. The van der Waals surface area contributed by atoms with E-state index in [2.05, 4.69) is 5.32 Å². The molecule has 27 heavy (non-hydrogen) atoms. The molecule has 0 aromatic heterocycles. The van der Waals surface area contributed by atoms with Gasteiger partial charge in [-0.1, -0.05) is 29.8 Å². The molecule has 1 atom stereocenters. The first-order chi connectivity index (χ1) is 12.9. The number of benzene rings is 2. The second-order valence-corrected chi connectivity index (χ2v) is 7.04. The van der Waals surface area contributed by atoms with Gasteiger partial charge in [0, 0.05) is 11.4 Å². The molecule has 5 nitrogen and oxygen atoms in total. The van der Waals surface area contributed by atoms with Crippen molar-refractivity contribution in [1.29, 1.82) is 0 Å². The molecule has 0 fully saturated rings. The lowest BCUT2D eigenvalue weighted by atomic mass is 9.96. The average Bonchev–Trinajstić information content (AvgIpc) is 2.66. The first-order valence-corrected chi connectivity index (χ1v) is 9.19. The zero-order chi connectivity index (χ0) is 19.9. The van der Waals surface area contributed by atoms with Crippen LogP contribution in [0, 0.1) is 0 Å². The number of rotatable bonds is 9. The summed E-state index contributed by atoms with van der Waals surface area (Å²) >= 11 is 5.87. The van der Waals surface area contributed by atoms with Crippen LogP contribution < -0.4 is 14.8 Å². The fourth-order valence-corrected chi connectivity index (χ4v) is 2.89. The molecule has 0 aliphatic carbocycles. The van der Waals surface area contributed by atoms with E-state index in [9.17, 15) is 9.90 Å². The van der Waals surface area contributed by atoms with Crippen LogP contribution in [0.2, 0.25) is 5.02 Å². The number of ether oxygens (including phenoxy) is 2. The molecule has 0 saturated carbocycles. The molecular formula is C21H26ClNO4. The lowest BCUT2D eigenvalue weighted by Gasteiger charge is -2.24. The Bertz CT molecular complexity index is 759. The maximum atomic E-state index is 12.1. The SMILES string of the molecule is COc1ccc(CCCC(=O)NCC(C)(O)c2ccc(Cl)cc2)cc1OC. The summed E-state index contributed by atoms with van der Waals surface area (Å²) in [7, 11) is 3.20. The molecule has 0 saturated heterocycles. The van der Waals surface area contributed by atoms with Crippen molar-refractivity contribution in [2.75, 3.05) is 20.8 Å². The van der Waals surface area contributed by atoms with E-state index < -0.39 is 5.60 Å². The maximum Gasteiger partial charge on any atom is 0.220 e. The number of methoxy groups -OCH3 is 2. The van der Waals surface area contributed by atoms with Crippen LogP contribution in [0.5, 0.6) is 11.5 Å². The largest absolute Gasteiger partial charge is 0.493 e. The monoisotopic (exact) mass is 391 g/mol. The summed E-state index contributed by atoms with van der Waals surface area (Å²) in [4.78, 5) is 12.1. The van der Waals surface area contributed by atoms with Gasteiger partial charge >= 0.3 is 0 Å². The normalized spacial score (nSPS) is 12.9. The van der Waals surface area contributed by atoms with Gasteiger partial charge in [-0.25, -0.2) is 0 Å². The Morgan fingerprint density at radius 1 is 1.11 bits per heavy atom. The summed E-state index contributed by atoms with van der Waals surface area (Å²) in [5, 5.41) is 14.0. The summed E-state index contributed by atoms with van der Waals surface area (Å²) in [5.41, 5.74) is 0.634. The van der Waals surface area contributed by atoms with Crippen molar-refractivity contribution in [2.24, 2.45) is 0 Å². The zero-order valence-electron chi connectivity index (χ0n) is 15.9. The lowest BCUT2D eigenvalue weighted by molar-refractivity contribution is -0.122. The predicted octanol–water partition coefficient (Wildman–Crippen LogP) is 3.70. The van der Waals surface area contributed by atoms with E-state index in [4.69, 9.17) is 21.1 Å². The highest BCUT2D eigenvalue weighted by Crippen LogP contribution is 2.28. The third-order valence-corrected chi connectivity index (χ3v) is 4.67. The van der Waals surface area contributed by atoms with Crippen LogP contribution >= 0.6 is 11.6 Å². The Hall–Kier alpha value is -2.24. The van der Waals surface area contributed by atoms with Crippen molar-refractivity contribution in [3.05, 3.63) is 58.6 Å². The van der Waals surface area contributed by atoms with Gasteiger partial charge in [0.1, 0.15) is 5.60 Å². The second kappa shape index (κ2) is 9.62. The Kier molecular flexibility index (Phi) is 7.51. The Morgan fingerprint density at radius 2 is 1.78 bits per heavy atom. The molecule has 6 heteroatoms. The van der Waals surface area contributed by atoms with Crippen LogP contribution in [0.4, 0.5) is 0 Å². The fraction of sp³-hybridized carbons (Fsp3) is 0.381. The van der Waals surface area contributed by atoms with Crippen LogP contribution in [-0.4, -0.2) is 31.8 Å². The topological polar surface area (TPSA) is 67.8 Å². The molecule has 2 aromatic carbocycles. The summed E-state index contributed by atoms with van der Waals surface area (Å²) in [6.45, 7) is 1.81. The molecule has 0 aliphatic heterocycles. The number of halogens is 1. The van der Waals surface area contributed by atoms with Crippen molar-refractivity contribution >= 4 is 17.5 Å². The summed E-state index contributed by atoms with van der Waals surface area (Å²) in [6, 6.07) is 12.7. The van der Waals surface area contributed by atoms with E-state index in [0.29, 0.717) is 34.9 Å². The minimum absolute atomic E-state index is 0.0929. The van der Waals surface area contributed by atoms with Gasteiger partial charge in [-0.05, 0) is 55.2 Å². The van der Waals surface area contributed by atoms with E-state index in [1.165, 1.54) is 0 Å². The zero-order valence-corrected chi connectivity index (χ0v) is 16.7. The molecule has 0 aliphatic rings. The van der Waals surface area contributed by atoms with Crippen molar-refractivity contribution < 1.29 is 19.4 Å². The molecule has 1 unspecified atom stereocenters. The van der Waals surface area contributed by atoms with Crippen LogP contribution in [0.25, 0.3) is 0 Å². The van der Waals surface area contributed by atoms with Crippen LogP contribution in [-0.2, 0) is 16.8 Å². The molecule has 0 bridgehead atoms. The number of carbonyl (C=O) groups is 1.